The number of aryl methyl sites for hydroxylation is 1. The maximum Gasteiger partial charge on any atom is 0.161 e. The monoisotopic (exact) mass is 516 g/mol. The third-order valence-electron chi connectivity index (χ3n) is 4.99. The smallest absolute Gasteiger partial charge is 0.161 e. The first-order chi connectivity index (χ1) is 14.5. The van der Waals surface area contributed by atoms with Gasteiger partial charge in [-0.1, -0.05) is 18.2 Å². The molecule has 1 saturated heterocycles. The molecule has 0 radical (unpaired) electrons. The molecule has 1 aliphatic rings. The van der Waals surface area contributed by atoms with Crippen LogP contribution in [0.15, 0.2) is 30.3 Å². The topological polar surface area (TPSA) is 99.0 Å². The number of aromatic nitrogens is 4. The Kier molecular flexibility index (Phi) is 6.18. The Morgan fingerprint density at radius 1 is 1.10 bits per heavy atom. The van der Waals surface area contributed by atoms with Gasteiger partial charge in [-0.2, -0.15) is 5.10 Å². The predicted octanol–water partition coefficient (Wildman–Crippen LogP) is 3.36. The number of nitrogens with two attached hydrogens (primary N) is 1. The van der Waals surface area contributed by atoms with E-state index in [1.54, 1.807) is 0 Å². The normalized spacial score (nSPS) is 15.1. The SMILES string of the molecule is Cc1cc(Nc2nc(/C=C/c3ccc(I)cc3)nc(N3CCN(C)CC3)c2N)n[nH]1. The van der Waals surface area contributed by atoms with Gasteiger partial charge in [-0.05, 0) is 60.3 Å². The van der Waals surface area contributed by atoms with Crippen molar-refractivity contribution in [3.8, 4) is 0 Å². The number of nitrogens with one attached hydrogen (secondary N) is 2. The molecule has 0 saturated carbocycles. The molecule has 0 spiro atoms. The van der Waals surface area contributed by atoms with Gasteiger partial charge in [0.2, 0.25) is 0 Å². The zero-order valence-electron chi connectivity index (χ0n) is 17.1. The highest BCUT2D eigenvalue weighted by atomic mass is 127. The lowest BCUT2D eigenvalue weighted by atomic mass is 10.2. The Bertz CT molecular complexity index is 1040. The van der Waals surface area contributed by atoms with Gasteiger partial charge in [0, 0.05) is 41.5 Å². The number of H-pyrrole nitrogens is 1. The molecule has 0 amide bonds. The summed E-state index contributed by atoms with van der Waals surface area (Å²) in [5.74, 6) is 2.60. The zero-order valence-corrected chi connectivity index (χ0v) is 19.2. The van der Waals surface area contributed by atoms with E-state index in [9.17, 15) is 0 Å². The summed E-state index contributed by atoms with van der Waals surface area (Å²) in [5, 5.41) is 10.4. The summed E-state index contributed by atoms with van der Waals surface area (Å²) >= 11 is 2.30. The van der Waals surface area contributed by atoms with Gasteiger partial charge in [-0.15, -0.1) is 0 Å². The van der Waals surface area contributed by atoms with Crippen molar-refractivity contribution in [1.82, 2.24) is 25.1 Å². The number of nitrogens with zero attached hydrogens (tertiary/aromatic N) is 5. The van der Waals surface area contributed by atoms with E-state index in [0.29, 0.717) is 23.1 Å². The summed E-state index contributed by atoms with van der Waals surface area (Å²) in [7, 11) is 2.13. The number of halogens is 1. The minimum atomic E-state index is 0.534. The van der Waals surface area contributed by atoms with Crippen LogP contribution in [-0.2, 0) is 0 Å². The Morgan fingerprint density at radius 3 is 2.50 bits per heavy atom. The Morgan fingerprint density at radius 2 is 1.83 bits per heavy atom. The van der Waals surface area contributed by atoms with Crippen LogP contribution in [0.5, 0.6) is 0 Å². The Labute approximate surface area is 189 Å². The molecule has 0 bridgehead atoms. The number of hydrogen-bond acceptors (Lipinski definition) is 7. The number of rotatable bonds is 5. The van der Waals surface area contributed by atoms with Crippen molar-refractivity contribution in [2.45, 2.75) is 6.92 Å². The minimum Gasteiger partial charge on any atom is -0.393 e. The van der Waals surface area contributed by atoms with Gasteiger partial charge in [0.25, 0.3) is 0 Å². The molecule has 0 unspecified atom stereocenters. The number of hydrogen-bond donors (Lipinski definition) is 3. The number of aromatic amines is 1. The number of piperazine rings is 1. The van der Waals surface area contributed by atoms with Gasteiger partial charge in [0.1, 0.15) is 5.69 Å². The zero-order chi connectivity index (χ0) is 21.1. The van der Waals surface area contributed by atoms with Crippen LogP contribution in [0.25, 0.3) is 12.2 Å². The second kappa shape index (κ2) is 9.00. The maximum absolute atomic E-state index is 6.49. The maximum atomic E-state index is 6.49. The fourth-order valence-electron chi connectivity index (χ4n) is 3.25. The number of benzene rings is 1. The number of anilines is 4. The molecule has 4 N–H and O–H groups in total. The van der Waals surface area contributed by atoms with Crippen LogP contribution >= 0.6 is 22.6 Å². The van der Waals surface area contributed by atoms with Gasteiger partial charge in [-0.25, -0.2) is 9.97 Å². The average molecular weight is 516 g/mol. The summed E-state index contributed by atoms with van der Waals surface area (Å²) in [5.41, 5.74) is 9.08. The summed E-state index contributed by atoms with van der Waals surface area (Å²) in [4.78, 5) is 14.0. The first-order valence-corrected chi connectivity index (χ1v) is 10.9. The van der Waals surface area contributed by atoms with E-state index in [0.717, 1.165) is 43.3 Å². The molecule has 3 heterocycles. The van der Waals surface area contributed by atoms with E-state index in [1.165, 1.54) is 3.57 Å². The lowest BCUT2D eigenvalue weighted by Gasteiger charge is -2.34. The molecule has 156 valence electrons. The van der Waals surface area contributed by atoms with Crippen LogP contribution in [0, 0.1) is 10.5 Å². The molecule has 1 aliphatic heterocycles. The van der Waals surface area contributed by atoms with Crippen LogP contribution in [-0.4, -0.2) is 58.3 Å². The highest BCUT2D eigenvalue weighted by Gasteiger charge is 2.21. The van der Waals surface area contributed by atoms with E-state index >= 15 is 0 Å². The van der Waals surface area contributed by atoms with Crippen LogP contribution < -0.4 is 16.0 Å². The molecule has 3 aromatic rings. The van der Waals surface area contributed by atoms with Gasteiger partial charge < -0.3 is 20.9 Å². The van der Waals surface area contributed by atoms with Crippen molar-refractivity contribution in [3.05, 3.63) is 51.0 Å². The first kappa shape index (κ1) is 20.6. The van der Waals surface area contributed by atoms with Crippen molar-refractivity contribution in [1.29, 1.82) is 0 Å². The lowest BCUT2D eigenvalue weighted by molar-refractivity contribution is 0.312. The molecular formula is C21H25IN8. The molecule has 8 nitrogen and oxygen atoms in total. The largest absolute Gasteiger partial charge is 0.393 e. The van der Waals surface area contributed by atoms with Gasteiger partial charge >= 0.3 is 0 Å². The third kappa shape index (κ3) is 4.90. The van der Waals surface area contributed by atoms with Crippen LogP contribution in [0.2, 0.25) is 0 Å². The fourth-order valence-corrected chi connectivity index (χ4v) is 3.61. The Hall–Kier alpha value is -2.66. The second-order valence-corrected chi connectivity index (χ2v) is 8.65. The quantitative estimate of drug-likeness (QED) is 0.448. The predicted molar refractivity (Wildman–Crippen MR) is 131 cm³/mol. The highest BCUT2D eigenvalue weighted by Crippen LogP contribution is 2.30. The summed E-state index contributed by atoms with van der Waals surface area (Å²) < 4.78 is 1.20. The molecule has 1 fully saturated rings. The first-order valence-electron chi connectivity index (χ1n) is 9.81. The third-order valence-corrected chi connectivity index (χ3v) is 5.71. The minimum absolute atomic E-state index is 0.534. The van der Waals surface area contributed by atoms with Gasteiger partial charge in [0.05, 0.1) is 0 Å². The fraction of sp³-hybridized carbons (Fsp3) is 0.286. The van der Waals surface area contributed by atoms with E-state index in [2.05, 4.69) is 84.2 Å². The number of likely N-dealkylation sites (N-methyl/N-ethyl adjacent to an activating group) is 1. The van der Waals surface area contributed by atoms with Crippen molar-refractivity contribution in [2.24, 2.45) is 0 Å². The van der Waals surface area contributed by atoms with Crippen molar-refractivity contribution in [3.63, 3.8) is 0 Å². The molecule has 1 aromatic carbocycles. The van der Waals surface area contributed by atoms with Crippen molar-refractivity contribution in [2.75, 3.05) is 49.2 Å². The summed E-state index contributed by atoms with van der Waals surface area (Å²) in [6, 6.07) is 10.2. The standard InChI is InChI=1S/C21H25IN8/c1-14-13-18(28-27-14)25-20-19(23)21(30-11-9-29(2)10-12-30)26-17(24-20)8-5-15-3-6-16(22)7-4-15/h3-8,13H,9-12,23H2,1-2H3,(H2,24,25,26,27,28)/b8-5+. The average Bonchev–Trinajstić information content (AvgIpc) is 3.15. The lowest BCUT2D eigenvalue weighted by Crippen LogP contribution is -2.45. The van der Waals surface area contributed by atoms with Gasteiger partial charge in [-0.3, -0.25) is 5.10 Å². The summed E-state index contributed by atoms with van der Waals surface area (Å²) in [6.45, 7) is 5.64. The van der Waals surface area contributed by atoms with Crippen LogP contribution in [0.4, 0.5) is 23.1 Å². The molecule has 9 heteroatoms. The van der Waals surface area contributed by atoms with Crippen molar-refractivity contribution >= 4 is 57.9 Å². The van der Waals surface area contributed by atoms with E-state index in [-0.39, 0.29) is 0 Å². The van der Waals surface area contributed by atoms with Crippen LogP contribution in [0.3, 0.4) is 0 Å². The van der Waals surface area contributed by atoms with E-state index in [4.69, 9.17) is 10.7 Å². The molecule has 4 rings (SSSR count). The molecule has 0 aliphatic carbocycles. The van der Waals surface area contributed by atoms with Gasteiger partial charge in [0.15, 0.2) is 23.3 Å². The molecule has 30 heavy (non-hydrogen) atoms. The number of nitrogen functional groups attached to an aromatic ring is 1. The highest BCUT2D eigenvalue weighted by molar-refractivity contribution is 14.1. The Balaban J connectivity index is 1.68. The molecular weight excluding hydrogens is 491 g/mol. The van der Waals surface area contributed by atoms with E-state index in [1.807, 2.05) is 25.1 Å². The molecule has 2 aromatic heterocycles. The van der Waals surface area contributed by atoms with Crippen molar-refractivity contribution < 1.29 is 0 Å². The second-order valence-electron chi connectivity index (χ2n) is 7.40. The van der Waals surface area contributed by atoms with E-state index < -0.39 is 0 Å². The summed E-state index contributed by atoms with van der Waals surface area (Å²) in [6.07, 6.45) is 3.93. The molecule has 0 atom stereocenters. The van der Waals surface area contributed by atoms with Crippen LogP contribution in [0.1, 0.15) is 17.1 Å².